The van der Waals surface area contributed by atoms with Gasteiger partial charge in [-0.05, 0) is 81.9 Å². The number of nitrogens with one attached hydrogen (secondary N) is 2. The smallest absolute Gasteiger partial charge is 0.255 e. The Balaban J connectivity index is 1.18. The molecule has 2 fully saturated rings. The lowest BCUT2D eigenvalue weighted by Gasteiger charge is -2.29. The molecule has 1 aliphatic carbocycles. The van der Waals surface area contributed by atoms with Crippen molar-refractivity contribution in [3.05, 3.63) is 83.0 Å². The molecule has 1 aliphatic heterocycles. The van der Waals surface area contributed by atoms with E-state index in [1.54, 1.807) is 12.3 Å². The highest BCUT2D eigenvalue weighted by molar-refractivity contribution is 5.99. The third kappa shape index (κ3) is 7.71. The van der Waals surface area contributed by atoms with Crippen LogP contribution in [0.5, 0.6) is 0 Å². The number of aryl methyl sites for hydroxylation is 1. The Kier molecular flexibility index (Phi) is 9.31. The molecule has 1 saturated heterocycles. The summed E-state index contributed by atoms with van der Waals surface area (Å²) in [4.78, 5) is 32.5. The molecule has 2 aliphatic rings. The third-order valence-electron chi connectivity index (χ3n) is 8.21. The number of pyridine rings is 1. The second kappa shape index (κ2) is 13.3. The molecule has 0 radical (unpaired) electrons. The molecule has 8 nitrogen and oxygen atoms in total. The quantitative estimate of drug-likeness (QED) is 0.364. The number of anilines is 1. The zero-order valence-electron chi connectivity index (χ0n) is 24.1. The maximum absolute atomic E-state index is 13.3. The Bertz CT molecular complexity index is 1350. The zero-order valence-corrected chi connectivity index (χ0v) is 24.1. The van der Waals surface area contributed by atoms with Gasteiger partial charge in [0.1, 0.15) is 5.82 Å². The van der Waals surface area contributed by atoms with Crippen molar-refractivity contribution in [1.82, 2.24) is 20.5 Å². The summed E-state index contributed by atoms with van der Waals surface area (Å²) in [7, 11) is 2.11. The lowest BCUT2D eigenvalue weighted by Crippen LogP contribution is -2.43. The summed E-state index contributed by atoms with van der Waals surface area (Å²) in [5.74, 6) is 0.00673. The van der Waals surface area contributed by atoms with Crippen LogP contribution < -0.4 is 16.4 Å². The molecular formula is C33H41N5O3. The van der Waals surface area contributed by atoms with Crippen LogP contribution in [-0.2, 0) is 22.6 Å². The fourth-order valence-corrected chi connectivity index (χ4v) is 5.79. The van der Waals surface area contributed by atoms with Crippen molar-refractivity contribution in [1.29, 1.82) is 0 Å². The molecule has 2 atom stereocenters. The molecule has 216 valence electrons. The molecule has 2 heterocycles. The molecule has 1 saturated carbocycles. The second-order valence-electron chi connectivity index (χ2n) is 11.5. The normalized spacial score (nSPS) is 19.7. The van der Waals surface area contributed by atoms with E-state index < -0.39 is 0 Å². The van der Waals surface area contributed by atoms with E-state index in [0.29, 0.717) is 18.6 Å². The average molecular weight is 556 g/mol. The van der Waals surface area contributed by atoms with E-state index in [4.69, 9.17) is 10.5 Å². The van der Waals surface area contributed by atoms with E-state index in [1.165, 1.54) is 5.56 Å². The molecule has 0 spiro atoms. The maximum Gasteiger partial charge on any atom is 0.255 e. The minimum Gasteiger partial charge on any atom is -0.383 e. The van der Waals surface area contributed by atoms with Crippen molar-refractivity contribution in [2.45, 2.75) is 70.2 Å². The average Bonchev–Trinajstić information content (AvgIpc) is 3.40. The second-order valence-corrected chi connectivity index (χ2v) is 11.5. The van der Waals surface area contributed by atoms with Crippen molar-refractivity contribution < 1.29 is 14.3 Å². The van der Waals surface area contributed by atoms with E-state index in [9.17, 15) is 9.59 Å². The number of carbonyl (C=O) groups excluding carboxylic acids is 2. The molecule has 5 rings (SSSR count). The van der Waals surface area contributed by atoms with Gasteiger partial charge in [0.2, 0.25) is 5.91 Å². The van der Waals surface area contributed by atoms with Crippen LogP contribution in [0.3, 0.4) is 0 Å². The Morgan fingerprint density at radius 2 is 1.76 bits per heavy atom. The van der Waals surface area contributed by atoms with Crippen LogP contribution in [0.2, 0.25) is 0 Å². The molecule has 1 aromatic heterocycles. The van der Waals surface area contributed by atoms with Crippen molar-refractivity contribution >= 4 is 17.6 Å². The van der Waals surface area contributed by atoms with Gasteiger partial charge < -0.3 is 26.0 Å². The van der Waals surface area contributed by atoms with Gasteiger partial charge in [0, 0.05) is 17.8 Å². The number of rotatable bonds is 9. The Morgan fingerprint density at radius 3 is 2.51 bits per heavy atom. The van der Waals surface area contributed by atoms with Crippen LogP contribution in [0, 0.1) is 6.92 Å². The zero-order chi connectivity index (χ0) is 28.8. The summed E-state index contributed by atoms with van der Waals surface area (Å²) in [6.45, 7) is 4.61. The van der Waals surface area contributed by atoms with Gasteiger partial charge >= 0.3 is 0 Å². The first-order chi connectivity index (χ1) is 19.8. The lowest BCUT2D eigenvalue weighted by molar-refractivity contribution is -0.121. The number of amides is 2. The first-order valence-electron chi connectivity index (χ1n) is 14.6. The number of carbonyl (C=O) groups is 2. The van der Waals surface area contributed by atoms with Crippen LogP contribution in [0.15, 0.2) is 60.8 Å². The molecular weight excluding hydrogens is 514 g/mol. The van der Waals surface area contributed by atoms with E-state index in [-0.39, 0.29) is 35.8 Å². The lowest BCUT2D eigenvalue weighted by atomic mass is 10.0. The van der Waals surface area contributed by atoms with Gasteiger partial charge in [-0.15, -0.1) is 0 Å². The van der Waals surface area contributed by atoms with E-state index in [0.717, 1.165) is 67.4 Å². The summed E-state index contributed by atoms with van der Waals surface area (Å²) in [6, 6.07) is 18.1. The highest BCUT2D eigenvalue weighted by atomic mass is 16.5. The largest absolute Gasteiger partial charge is 0.383 e. The summed E-state index contributed by atoms with van der Waals surface area (Å²) in [6.07, 6.45) is 6.73. The van der Waals surface area contributed by atoms with Crippen LogP contribution in [0.4, 0.5) is 5.82 Å². The van der Waals surface area contributed by atoms with Crippen molar-refractivity contribution in [3.63, 3.8) is 0 Å². The van der Waals surface area contributed by atoms with Crippen LogP contribution >= 0.6 is 0 Å². The van der Waals surface area contributed by atoms with Crippen LogP contribution in [-0.4, -0.2) is 60.0 Å². The number of nitrogens with zero attached hydrogens (tertiary/aromatic N) is 2. The summed E-state index contributed by atoms with van der Waals surface area (Å²) in [5, 5.41) is 6.32. The number of likely N-dealkylation sites (tertiary alicyclic amines) is 1. The van der Waals surface area contributed by atoms with E-state index in [2.05, 4.69) is 52.7 Å². The number of nitrogens with two attached hydrogens (primary N) is 1. The van der Waals surface area contributed by atoms with Crippen LogP contribution in [0.1, 0.15) is 59.2 Å². The van der Waals surface area contributed by atoms with Gasteiger partial charge in [-0.1, -0.05) is 54.1 Å². The predicted molar refractivity (Wildman–Crippen MR) is 161 cm³/mol. The molecule has 0 bridgehead atoms. The maximum atomic E-state index is 13.3. The Hall–Kier alpha value is -3.75. The summed E-state index contributed by atoms with van der Waals surface area (Å²) < 4.78 is 6.21. The number of hydrogen-bond donors (Lipinski definition) is 3. The SMILES string of the molecule is Cc1cccc(CO[C@H]2CCC[C@@H]2NC(=O)c2cc(-c3ccc(CC(=O)NC4CCN(C)CC4)cc3)cnc2N)c1. The van der Waals surface area contributed by atoms with E-state index in [1.807, 2.05) is 30.3 Å². The van der Waals surface area contributed by atoms with Gasteiger partial charge in [0.25, 0.3) is 5.91 Å². The van der Waals surface area contributed by atoms with Crippen molar-refractivity contribution in [2.24, 2.45) is 0 Å². The van der Waals surface area contributed by atoms with Gasteiger partial charge in [-0.25, -0.2) is 4.98 Å². The highest BCUT2D eigenvalue weighted by Crippen LogP contribution is 2.26. The first-order valence-corrected chi connectivity index (χ1v) is 14.6. The molecule has 41 heavy (non-hydrogen) atoms. The number of ether oxygens (including phenoxy) is 1. The van der Waals surface area contributed by atoms with Gasteiger partial charge in [0.05, 0.1) is 30.7 Å². The minimum absolute atomic E-state index is 0.0407. The van der Waals surface area contributed by atoms with Crippen molar-refractivity contribution in [3.8, 4) is 11.1 Å². The predicted octanol–water partition coefficient (Wildman–Crippen LogP) is 4.26. The fraction of sp³-hybridized carbons (Fsp3) is 0.424. The number of benzene rings is 2. The monoisotopic (exact) mass is 555 g/mol. The molecule has 4 N–H and O–H groups in total. The molecule has 3 aromatic rings. The fourth-order valence-electron chi connectivity index (χ4n) is 5.79. The Morgan fingerprint density at radius 1 is 0.976 bits per heavy atom. The van der Waals surface area contributed by atoms with Gasteiger partial charge in [-0.3, -0.25) is 9.59 Å². The standard InChI is InChI=1S/C33H41N5O3/c1-22-5-3-6-24(17-22)21-41-30-8-4-7-29(30)37-33(40)28-19-26(20-35-32(28)34)25-11-9-23(10-12-25)18-31(39)36-27-13-15-38(2)16-14-27/h3,5-6,9-12,17,19-20,27,29-30H,4,7-8,13-16,18,21H2,1-2H3,(H2,34,35)(H,36,39)(H,37,40)/t29-,30-/m0/s1. The topological polar surface area (TPSA) is 110 Å². The molecule has 2 aromatic carbocycles. The van der Waals surface area contributed by atoms with E-state index >= 15 is 0 Å². The number of nitrogen functional groups attached to an aromatic ring is 1. The molecule has 0 unspecified atom stereocenters. The molecule has 8 heteroatoms. The number of piperidine rings is 1. The van der Waals surface area contributed by atoms with Gasteiger partial charge in [0.15, 0.2) is 0 Å². The summed E-state index contributed by atoms with van der Waals surface area (Å²) in [5.41, 5.74) is 11.5. The van der Waals surface area contributed by atoms with Crippen molar-refractivity contribution in [2.75, 3.05) is 25.9 Å². The first kappa shape index (κ1) is 28.8. The molecule has 2 amide bonds. The third-order valence-corrected chi connectivity index (χ3v) is 8.21. The number of aromatic nitrogens is 1. The number of hydrogen-bond acceptors (Lipinski definition) is 6. The van der Waals surface area contributed by atoms with Crippen LogP contribution in [0.25, 0.3) is 11.1 Å². The Labute approximate surface area is 242 Å². The van der Waals surface area contributed by atoms with Gasteiger partial charge in [-0.2, -0.15) is 0 Å². The summed E-state index contributed by atoms with van der Waals surface area (Å²) >= 11 is 0. The highest BCUT2D eigenvalue weighted by Gasteiger charge is 2.30. The minimum atomic E-state index is -0.241.